The number of hydrogen-bond donors (Lipinski definition) is 0. The number of ketones is 1. The molecule has 0 unspecified atom stereocenters. The zero-order valence-corrected chi connectivity index (χ0v) is 14.1. The lowest BCUT2D eigenvalue weighted by Gasteiger charge is -2.05. The van der Waals surface area contributed by atoms with Crippen molar-refractivity contribution in [2.75, 3.05) is 0 Å². The number of hydrogen-bond acceptors (Lipinski definition) is 3. The third-order valence-corrected chi connectivity index (χ3v) is 3.95. The van der Waals surface area contributed by atoms with Crippen molar-refractivity contribution >= 4 is 5.78 Å². The molecule has 0 bridgehead atoms. The van der Waals surface area contributed by atoms with Crippen molar-refractivity contribution in [2.45, 2.75) is 12.8 Å². The molecule has 0 N–H and O–H groups in total. The molecule has 2 heterocycles. The molecule has 0 saturated carbocycles. The Bertz CT molecular complexity index is 991. The van der Waals surface area contributed by atoms with Crippen molar-refractivity contribution < 1.29 is 13.6 Å². The normalized spacial score (nSPS) is 10.7. The molecule has 0 fully saturated rings. The highest BCUT2D eigenvalue weighted by Gasteiger charge is 2.10. The van der Waals surface area contributed by atoms with Gasteiger partial charge in [-0.1, -0.05) is 12.1 Å². The van der Waals surface area contributed by atoms with E-state index in [9.17, 15) is 18.4 Å². The summed E-state index contributed by atoms with van der Waals surface area (Å²) >= 11 is 0. The number of carbonyl (C=O) groups excluding carboxylic acids is 1. The van der Waals surface area contributed by atoms with Crippen LogP contribution < -0.4 is 5.56 Å². The lowest BCUT2D eigenvalue weighted by atomic mass is 10.0. The molecule has 0 aliphatic rings. The first-order valence-electron chi connectivity index (χ1n) is 7.99. The lowest BCUT2D eigenvalue weighted by molar-refractivity contribution is 0.0988. The standard InChI is InChI=1S/C20H16F2N2O2/c1-24-12-14(3-5-20(24)26)9-19(25)18-4-2-13(11-23-18)6-15-7-16(21)10-17(22)8-15/h2-5,7-8,10-12H,6,9H2,1H3. The van der Waals surface area contributed by atoms with E-state index in [2.05, 4.69) is 4.98 Å². The van der Waals surface area contributed by atoms with Gasteiger partial charge >= 0.3 is 0 Å². The molecule has 4 nitrogen and oxygen atoms in total. The molecule has 0 amide bonds. The lowest BCUT2D eigenvalue weighted by Crippen LogP contribution is -2.16. The predicted molar refractivity (Wildman–Crippen MR) is 93.1 cm³/mol. The molecule has 0 spiro atoms. The van der Waals surface area contributed by atoms with Gasteiger partial charge in [0.2, 0.25) is 5.56 Å². The minimum atomic E-state index is -0.628. The van der Waals surface area contributed by atoms with Gasteiger partial charge in [0.15, 0.2) is 5.78 Å². The van der Waals surface area contributed by atoms with Gasteiger partial charge in [0.1, 0.15) is 17.3 Å². The predicted octanol–water partition coefficient (Wildman–Crippen LogP) is 3.07. The summed E-state index contributed by atoms with van der Waals surface area (Å²) in [6.45, 7) is 0. The Kier molecular flexibility index (Phi) is 5.02. The van der Waals surface area contributed by atoms with Crippen molar-refractivity contribution in [1.29, 1.82) is 0 Å². The smallest absolute Gasteiger partial charge is 0.250 e. The van der Waals surface area contributed by atoms with Gasteiger partial charge in [0, 0.05) is 38.0 Å². The van der Waals surface area contributed by atoms with E-state index in [1.165, 1.54) is 29.0 Å². The van der Waals surface area contributed by atoms with Crippen LogP contribution in [0.15, 0.2) is 59.7 Å². The summed E-state index contributed by atoms with van der Waals surface area (Å²) < 4.78 is 27.9. The van der Waals surface area contributed by atoms with Crippen molar-refractivity contribution in [3.05, 3.63) is 99.2 Å². The summed E-state index contributed by atoms with van der Waals surface area (Å²) in [6, 6.07) is 9.69. The molecule has 0 radical (unpaired) electrons. The van der Waals surface area contributed by atoms with E-state index in [1.54, 1.807) is 31.4 Å². The minimum Gasteiger partial charge on any atom is -0.318 e. The number of aromatic nitrogens is 2. The molecule has 3 rings (SSSR count). The maximum atomic E-state index is 13.2. The summed E-state index contributed by atoms with van der Waals surface area (Å²) in [5, 5.41) is 0. The summed E-state index contributed by atoms with van der Waals surface area (Å²) in [5.74, 6) is -1.43. The van der Waals surface area contributed by atoms with Crippen molar-refractivity contribution in [3.8, 4) is 0 Å². The molecule has 132 valence electrons. The Morgan fingerprint density at radius 3 is 2.31 bits per heavy atom. The first-order chi connectivity index (χ1) is 12.4. The summed E-state index contributed by atoms with van der Waals surface area (Å²) in [6.07, 6.45) is 3.59. The van der Waals surface area contributed by atoms with Gasteiger partial charge in [-0.2, -0.15) is 0 Å². The van der Waals surface area contributed by atoms with Gasteiger partial charge in [0.05, 0.1) is 0 Å². The van der Waals surface area contributed by atoms with Crippen molar-refractivity contribution in [2.24, 2.45) is 7.05 Å². The fraction of sp³-hybridized carbons (Fsp3) is 0.150. The topological polar surface area (TPSA) is 52.0 Å². The Morgan fingerprint density at radius 1 is 1.00 bits per heavy atom. The Morgan fingerprint density at radius 2 is 1.69 bits per heavy atom. The number of nitrogens with zero attached hydrogens (tertiary/aromatic N) is 2. The van der Waals surface area contributed by atoms with Gasteiger partial charge in [-0.05, 0) is 41.3 Å². The molecule has 6 heteroatoms. The quantitative estimate of drug-likeness (QED) is 0.662. The van der Waals surface area contributed by atoms with E-state index in [0.29, 0.717) is 17.7 Å². The Labute approximate surface area is 148 Å². The van der Waals surface area contributed by atoms with Gasteiger partial charge in [-0.25, -0.2) is 8.78 Å². The van der Waals surface area contributed by atoms with E-state index < -0.39 is 11.6 Å². The number of halogens is 2. The first-order valence-corrected chi connectivity index (χ1v) is 7.99. The molecular formula is C20H16F2N2O2. The second-order valence-corrected chi connectivity index (χ2v) is 6.09. The van der Waals surface area contributed by atoms with E-state index >= 15 is 0 Å². The zero-order valence-electron chi connectivity index (χ0n) is 14.1. The van der Waals surface area contributed by atoms with Gasteiger partial charge in [-0.15, -0.1) is 0 Å². The molecule has 0 aliphatic carbocycles. The van der Waals surface area contributed by atoms with Gasteiger partial charge in [-0.3, -0.25) is 14.6 Å². The fourth-order valence-electron chi connectivity index (χ4n) is 2.67. The number of rotatable bonds is 5. The van der Waals surface area contributed by atoms with Crippen LogP contribution in [0.2, 0.25) is 0 Å². The van der Waals surface area contributed by atoms with Crippen LogP contribution in [0.3, 0.4) is 0 Å². The molecular weight excluding hydrogens is 338 g/mol. The number of carbonyl (C=O) groups is 1. The van der Waals surface area contributed by atoms with Crippen LogP contribution in [-0.2, 0) is 19.9 Å². The molecule has 26 heavy (non-hydrogen) atoms. The first kappa shape index (κ1) is 17.7. The number of pyridine rings is 2. The SMILES string of the molecule is Cn1cc(CC(=O)c2ccc(Cc3cc(F)cc(F)c3)cn2)ccc1=O. The Hall–Kier alpha value is -3.15. The highest BCUT2D eigenvalue weighted by atomic mass is 19.1. The van der Waals surface area contributed by atoms with Gasteiger partial charge in [0.25, 0.3) is 0 Å². The largest absolute Gasteiger partial charge is 0.318 e. The molecule has 3 aromatic rings. The summed E-state index contributed by atoms with van der Waals surface area (Å²) in [7, 11) is 1.62. The zero-order chi connectivity index (χ0) is 18.7. The highest BCUT2D eigenvalue weighted by molar-refractivity contribution is 5.95. The van der Waals surface area contributed by atoms with E-state index in [0.717, 1.165) is 17.2 Å². The van der Waals surface area contributed by atoms with Crippen LogP contribution in [0, 0.1) is 11.6 Å². The second kappa shape index (κ2) is 7.39. The van der Waals surface area contributed by atoms with Crippen LogP contribution in [0.4, 0.5) is 8.78 Å². The maximum absolute atomic E-state index is 13.2. The van der Waals surface area contributed by atoms with Gasteiger partial charge < -0.3 is 4.57 Å². The van der Waals surface area contributed by atoms with E-state index in [1.807, 2.05) is 0 Å². The molecule has 0 aliphatic heterocycles. The number of benzene rings is 1. The van der Waals surface area contributed by atoms with Crippen LogP contribution in [0.1, 0.15) is 27.2 Å². The van der Waals surface area contributed by atoms with E-state index in [-0.39, 0.29) is 17.8 Å². The van der Waals surface area contributed by atoms with E-state index in [4.69, 9.17) is 0 Å². The third-order valence-electron chi connectivity index (χ3n) is 3.95. The average molecular weight is 354 g/mol. The second-order valence-electron chi connectivity index (χ2n) is 6.09. The van der Waals surface area contributed by atoms with Crippen molar-refractivity contribution in [3.63, 3.8) is 0 Å². The highest BCUT2D eigenvalue weighted by Crippen LogP contribution is 2.13. The fourth-order valence-corrected chi connectivity index (χ4v) is 2.67. The van der Waals surface area contributed by atoms with Crippen LogP contribution in [0.5, 0.6) is 0 Å². The van der Waals surface area contributed by atoms with Crippen LogP contribution >= 0.6 is 0 Å². The monoisotopic (exact) mass is 354 g/mol. The molecule has 2 aromatic heterocycles. The number of aryl methyl sites for hydroxylation is 1. The molecule has 1 aromatic carbocycles. The third kappa shape index (κ3) is 4.27. The van der Waals surface area contributed by atoms with Crippen LogP contribution in [-0.4, -0.2) is 15.3 Å². The molecule has 0 atom stereocenters. The van der Waals surface area contributed by atoms with Crippen LogP contribution in [0.25, 0.3) is 0 Å². The maximum Gasteiger partial charge on any atom is 0.250 e. The molecule has 0 saturated heterocycles. The number of Topliss-reactive ketones (excluding diaryl/α,β-unsaturated/α-hetero) is 1. The minimum absolute atomic E-state index is 0.134. The summed E-state index contributed by atoms with van der Waals surface area (Å²) in [5.41, 5.74) is 2.12. The average Bonchev–Trinajstić information content (AvgIpc) is 2.58. The van der Waals surface area contributed by atoms with Crippen molar-refractivity contribution in [1.82, 2.24) is 9.55 Å². The summed E-state index contributed by atoms with van der Waals surface area (Å²) in [4.78, 5) is 27.8. The Balaban J connectivity index is 1.71.